The summed E-state index contributed by atoms with van der Waals surface area (Å²) in [5.74, 6) is 0.911. The number of anilines is 1. The fourth-order valence-corrected chi connectivity index (χ4v) is 1.98. The second-order valence-electron chi connectivity index (χ2n) is 3.69. The van der Waals surface area contributed by atoms with Crippen LogP contribution in [0.2, 0.25) is 0 Å². The predicted octanol–water partition coefficient (Wildman–Crippen LogP) is 2.23. The van der Waals surface area contributed by atoms with Crippen LogP contribution in [0.25, 0.3) is 11.0 Å². The van der Waals surface area contributed by atoms with Crippen LogP contribution in [-0.4, -0.2) is 16.6 Å². The van der Waals surface area contributed by atoms with Crippen LogP contribution in [0.5, 0.6) is 0 Å². The van der Waals surface area contributed by atoms with Crippen LogP contribution in [0.3, 0.4) is 0 Å². The van der Waals surface area contributed by atoms with Crippen LogP contribution in [0.15, 0.2) is 12.1 Å². The van der Waals surface area contributed by atoms with E-state index in [-0.39, 0.29) is 0 Å². The Morgan fingerprint density at radius 1 is 1.29 bits per heavy atom. The molecule has 0 bridgehead atoms. The second-order valence-corrected chi connectivity index (χ2v) is 3.69. The number of hydrogen-bond acceptors (Lipinski definition) is 2. The van der Waals surface area contributed by atoms with E-state index in [1.807, 2.05) is 14.1 Å². The van der Waals surface area contributed by atoms with Gasteiger partial charge in [-0.05, 0) is 31.0 Å². The number of aryl methyl sites for hydroxylation is 3. The van der Waals surface area contributed by atoms with Gasteiger partial charge in [0.05, 0.1) is 11.0 Å². The Hall–Kier alpha value is -1.51. The number of hydrogen-bond donors (Lipinski definition) is 1. The number of aromatic nitrogens is 2. The number of fused-ring (bicyclic) bond motifs is 1. The highest BCUT2D eigenvalue weighted by Gasteiger charge is 2.08. The van der Waals surface area contributed by atoms with Crippen molar-refractivity contribution in [2.75, 3.05) is 12.4 Å². The molecule has 3 nitrogen and oxygen atoms in total. The monoisotopic (exact) mass is 189 g/mol. The number of nitrogens with one attached hydrogen (secondary N) is 1. The predicted molar refractivity (Wildman–Crippen MR) is 59.7 cm³/mol. The zero-order valence-corrected chi connectivity index (χ0v) is 9.05. The molecule has 0 fully saturated rings. The summed E-state index contributed by atoms with van der Waals surface area (Å²) in [5.41, 5.74) is 4.81. The van der Waals surface area contributed by atoms with Gasteiger partial charge in [-0.3, -0.25) is 0 Å². The van der Waals surface area contributed by atoms with E-state index in [4.69, 9.17) is 0 Å². The molecular weight excluding hydrogens is 174 g/mol. The first-order valence-corrected chi connectivity index (χ1v) is 4.75. The third-order valence-corrected chi connectivity index (χ3v) is 2.53. The molecule has 2 aromatic rings. The van der Waals surface area contributed by atoms with Crippen molar-refractivity contribution in [2.45, 2.75) is 13.8 Å². The van der Waals surface area contributed by atoms with Gasteiger partial charge in [0.1, 0.15) is 0 Å². The summed E-state index contributed by atoms with van der Waals surface area (Å²) < 4.78 is 2.09. The Bertz CT molecular complexity index is 483. The molecule has 0 spiro atoms. The molecule has 0 aliphatic rings. The maximum absolute atomic E-state index is 4.50. The molecule has 0 saturated heterocycles. The Morgan fingerprint density at radius 3 is 2.64 bits per heavy atom. The van der Waals surface area contributed by atoms with Crippen LogP contribution in [0, 0.1) is 13.8 Å². The smallest absolute Gasteiger partial charge is 0.203 e. The lowest BCUT2D eigenvalue weighted by atomic mass is 10.1. The van der Waals surface area contributed by atoms with Gasteiger partial charge in [0, 0.05) is 14.1 Å². The summed E-state index contributed by atoms with van der Waals surface area (Å²) >= 11 is 0. The zero-order chi connectivity index (χ0) is 10.3. The highest BCUT2D eigenvalue weighted by atomic mass is 15.2. The summed E-state index contributed by atoms with van der Waals surface area (Å²) in [4.78, 5) is 4.50. The molecule has 2 rings (SSSR count). The lowest BCUT2D eigenvalue weighted by Gasteiger charge is -2.02. The summed E-state index contributed by atoms with van der Waals surface area (Å²) in [7, 11) is 3.92. The van der Waals surface area contributed by atoms with Crippen molar-refractivity contribution in [2.24, 2.45) is 7.05 Å². The third-order valence-electron chi connectivity index (χ3n) is 2.53. The van der Waals surface area contributed by atoms with E-state index in [1.54, 1.807) is 0 Å². The van der Waals surface area contributed by atoms with Crippen molar-refractivity contribution in [1.82, 2.24) is 9.55 Å². The molecule has 3 heteroatoms. The fraction of sp³-hybridized carbons (Fsp3) is 0.364. The average molecular weight is 189 g/mol. The summed E-state index contributed by atoms with van der Waals surface area (Å²) in [6, 6.07) is 4.30. The van der Waals surface area contributed by atoms with E-state index in [1.165, 1.54) is 16.6 Å². The summed E-state index contributed by atoms with van der Waals surface area (Å²) in [6.07, 6.45) is 0. The topological polar surface area (TPSA) is 29.9 Å². The van der Waals surface area contributed by atoms with Gasteiger partial charge in [0.25, 0.3) is 0 Å². The van der Waals surface area contributed by atoms with Crippen molar-refractivity contribution in [3.05, 3.63) is 23.3 Å². The molecule has 0 radical (unpaired) electrons. The van der Waals surface area contributed by atoms with Crippen molar-refractivity contribution in [3.8, 4) is 0 Å². The first kappa shape index (κ1) is 9.06. The zero-order valence-electron chi connectivity index (χ0n) is 9.05. The maximum atomic E-state index is 4.50. The van der Waals surface area contributed by atoms with Crippen LogP contribution < -0.4 is 5.32 Å². The first-order chi connectivity index (χ1) is 6.63. The highest BCUT2D eigenvalue weighted by Crippen LogP contribution is 2.22. The number of rotatable bonds is 1. The van der Waals surface area contributed by atoms with Gasteiger partial charge >= 0.3 is 0 Å². The van der Waals surface area contributed by atoms with E-state index in [0.29, 0.717) is 0 Å². The van der Waals surface area contributed by atoms with Gasteiger partial charge in [-0.2, -0.15) is 0 Å². The minimum atomic E-state index is 0.911. The molecule has 0 unspecified atom stereocenters. The van der Waals surface area contributed by atoms with E-state index >= 15 is 0 Å². The molecule has 74 valence electrons. The Balaban J connectivity index is 2.85. The summed E-state index contributed by atoms with van der Waals surface area (Å²) in [6.45, 7) is 4.22. The van der Waals surface area contributed by atoms with Gasteiger partial charge in [0.2, 0.25) is 5.95 Å². The molecule has 0 amide bonds. The van der Waals surface area contributed by atoms with Gasteiger partial charge in [-0.25, -0.2) is 4.98 Å². The first-order valence-electron chi connectivity index (χ1n) is 4.75. The minimum absolute atomic E-state index is 0.911. The van der Waals surface area contributed by atoms with Gasteiger partial charge in [-0.15, -0.1) is 0 Å². The highest BCUT2D eigenvalue weighted by molar-refractivity contribution is 5.82. The van der Waals surface area contributed by atoms with Crippen molar-refractivity contribution >= 4 is 17.0 Å². The molecular formula is C11H15N3. The Kier molecular flexibility index (Phi) is 1.95. The normalized spacial score (nSPS) is 10.9. The van der Waals surface area contributed by atoms with E-state index in [9.17, 15) is 0 Å². The molecule has 0 atom stereocenters. The quantitative estimate of drug-likeness (QED) is 0.745. The fourth-order valence-electron chi connectivity index (χ4n) is 1.98. The van der Waals surface area contributed by atoms with Crippen LogP contribution in [0.1, 0.15) is 11.1 Å². The molecule has 14 heavy (non-hydrogen) atoms. The van der Waals surface area contributed by atoms with Crippen LogP contribution >= 0.6 is 0 Å². The summed E-state index contributed by atoms with van der Waals surface area (Å²) in [5, 5.41) is 3.08. The Labute approximate surface area is 83.8 Å². The third kappa shape index (κ3) is 1.16. The molecule has 0 saturated carbocycles. The average Bonchev–Trinajstić information content (AvgIpc) is 2.42. The molecule has 0 aliphatic heterocycles. The van der Waals surface area contributed by atoms with E-state index in [0.717, 1.165) is 11.5 Å². The molecule has 1 N–H and O–H groups in total. The lowest BCUT2D eigenvalue weighted by Crippen LogP contribution is -1.98. The van der Waals surface area contributed by atoms with E-state index < -0.39 is 0 Å². The van der Waals surface area contributed by atoms with Gasteiger partial charge < -0.3 is 9.88 Å². The van der Waals surface area contributed by atoms with Gasteiger partial charge in [-0.1, -0.05) is 6.07 Å². The minimum Gasteiger partial charge on any atom is -0.359 e. The lowest BCUT2D eigenvalue weighted by molar-refractivity contribution is 0.948. The number of nitrogens with zero attached hydrogens (tertiary/aromatic N) is 2. The van der Waals surface area contributed by atoms with Crippen molar-refractivity contribution in [1.29, 1.82) is 0 Å². The largest absolute Gasteiger partial charge is 0.359 e. The Morgan fingerprint density at radius 2 is 2.00 bits per heavy atom. The van der Waals surface area contributed by atoms with E-state index in [2.05, 4.69) is 40.8 Å². The standard InChI is InChI=1S/C11H15N3/c1-7-5-8(2)10-9(6-7)13-11(12-3)14(10)4/h5-6H,1-4H3,(H,12,13). The molecule has 1 aromatic carbocycles. The molecule has 1 aromatic heterocycles. The molecule has 1 heterocycles. The van der Waals surface area contributed by atoms with Crippen molar-refractivity contribution < 1.29 is 0 Å². The number of benzene rings is 1. The maximum Gasteiger partial charge on any atom is 0.203 e. The molecule has 0 aliphatic carbocycles. The van der Waals surface area contributed by atoms with Crippen LogP contribution in [0.4, 0.5) is 5.95 Å². The van der Waals surface area contributed by atoms with Crippen molar-refractivity contribution in [3.63, 3.8) is 0 Å². The second kappa shape index (κ2) is 3.01. The SMILES string of the molecule is CNc1nc2cc(C)cc(C)c2n1C. The number of imidazole rings is 1. The van der Waals surface area contributed by atoms with Crippen LogP contribution in [-0.2, 0) is 7.05 Å². The van der Waals surface area contributed by atoms with Gasteiger partial charge in [0.15, 0.2) is 0 Å².